The number of rotatable bonds is 7. The van der Waals surface area contributed by atoms with Gasteiger partial charge in [0.1, 0.15) is 5.82 Å². The highest BCUT2D eigenvalue weighted by Gasteiger charge is 2.10. The summed E-state index contributed by atoms with van der Waals surface area (Å²) in [5.74, 6) is 0.474. The minimum absolute atomic E-state index is 0. The number of benzene rings is 2. The fourth-order valence-corrected chi connectivity index (χ4v) is 3.20. The van der Waals surface area contributed by atoms with Crippen LogP contribution in [-0.2, 0) is 13.1 Å². The van der Waals surface area contributed by atoms with Crippen molar-refractivity contribution in [2.75, 3.05) is 6.54 Å². The summed E-state index contributed by atoms with van der Waals surface area (Å²) in [5.41, 5.74) is 3.61. The molecule has 1 unspecified atom stereocenters. The summed E-state index contributed by atoms with van der Waals surface area (Å²) < 4.78 is 15.6. The summed E-state index contributed by atoms with van der Waals surface area (Å²) in [7, 11) is 0. The van der Waals surface area contributed by atoms with E-state index in [1.807, 2.05) is 50.2 Å². The predicted molar refractivity (Wildman–Crippen MR) is 139 cm³/mol. The van der Waals surface area contributed by atoms with Crippen LogP contribution in [0.2, 0.25) is 0 Å². The van der Waals surface area contributed by atoms with Crippen molar-refractivity contribution in [1.82, 2.24) is 15.2 Å². The maximum absolute atomic E-state index is 13.9. The van der Waals surface area contributed by atoms with Crippen LogP contribution in [0.15, 0.2) is 76.6 Å². The third kappa shape index (κ3) is 7.19. The molecule has 0 saturated carbocycles. The first kappa shape index (κ1) is 25.6. The van der Waals surface area contributed by atoms with Crippen molar-refractivity contribution in [2.45, 2.75) is 39.9 Å². The highest BCUT2D eigenvalue weighted by atomic mass is 127. The fraction of sp³-hybridized carbons (Fsp3) is 0.280. The lowest BCUT2D eigenvalue weighted by Gasteiger charge is -2.18. The number of aromatic nitrogens is 1. The molecule has 32 heavy (non-hydrogen) atoms. The van der Waals surface area contributed by atoms with Crippen molar-refractivity contribution < 1.29 is 4.39 Å². The van der Waals surface area contributed by atoms with Crippen molar-refractivity contribution in [3.63, 3.8) is 0 Å². The Morgan fingerprint density at radius 3 is 2.47 bits per heavy atom. The van der Waals surface area contributed by atoms with Crippen molar-refractivity contribution >= 4 is 29.9 Å². The van der Waals surface area contributed by atoms with Gasteiger partial charge in [0.25, 0.3) is 5.56 Å². The van der Waals surface area contributed by atoms with E-state index in [4.69, 9.17) is 0 Å². The van der Waals surface area contributed by atoms with Gasteiger partial charge in [-0.15, -0.1) is 24.0 Å². The van der Waals surface area contributed by atoms with E-state index in [0.29, 0.717) is 24.6 Å². The predicted octanol–water partition coefficient (Wildman–Crippen LogP) is 4.78. The molecule has 0 radical (unpaired) electrons. The van der Waals surface area contributed by atoms with E-state index < -0.39 is 0 Å². The second kappa shape index (κ2) is 12.4. The van der Waals surface area contributed by atoms with Crippen LogP contribution in [0.5, 0.6) is 0 Å². The summed E-state index contributed by atoms with van der Waals surface area (Å²) in [6, 6.07) is 18.4. The smallest absolute Gasteiger partial charge is 0.250 e. The number of halogens is 2. The summed E-state index contributed by atoms with van der Waals surface area (Å²) >= 11 is 0. The molecule has 0 aliphatic carbocycles. The van der Waals surface area contributed by atoms with Crippen LogP contribution in [0.4, 0.5) is 4.39 Å². The molecule has 3 aromatic rings. The van der Waals surface area contributed by atoms with E-state index in [2.05, 4.69) is 15.6 Å². The first-order valence-electron chi connectivity index (χ1n) is 10.5. The molecule has 0 bridgehead atoms. The monoisotopic (exact) mass is 548 g/mol. The van der Waals surface area contributed by atoms with Crippen molar-refractivity contribution in [1.29, 1.82) is 0 Å². The van der Waals surface area contributed by atoms with E-state index in [9.17, 15) is 9.18 Å². The van der Waals surface area contributed by atoms with Gasteiger partial charge in [0, 0.05) is 18.8 Å². The van der Waals surface area contributed by atoms with E-state index >= 15 is 0 Å². The number of guanidine groups is 1. The lowest BCUT2D eigenvalue weighted by Crippen LogP contribution is -2.38. The van der Waals surface area contributed by atoms with E-state index in [1.165, 1.54) is 0 Å². The SMILES string of the molecule is CCNC(=NCc1ccc(Cn2ccccc2=O)cc1)NC(C)c1ccc(C)c(F)c1.I. The Labute approximate surface area is 205 Å². The van der Waals surface area contributed by atoms with Gasteiger partial charge < -0.3 is 15.2 Å². The maximum Gasteiger partial charge on any atom is 0.250 e. The molecule has 2 N–H and O–H groups in total. The molecule has 0 aliphatic heterocycles. The minimum atomic E-state index is -0.203. The maximum atomic E-state index is 13.9. The average molecular weight is 548 g/mol. The number of nitrogens with zero attached hydrogens (tertiary/aromatic N) is 2. The van der Waals surface area contributed by atoms with Gasteiger partial charge in [-0.1, -0.05) is 42.5 Å². The van der Waals surface area contributed by atoms with E-state index in [0.717, 1.165) is 23.2 Å². The fourth-order valence-electron chi connectivity index (χ4n) is 3.20. The van der Waals surface area contributed by atoms with E-state index in [-0.39, 0.29) is 41.4 Å². The number of hydrogen-bond donors (Lipinski definition) is 2. The number of pyridine rings is 1. The molecule has 3 rings (SSSR count). The molecule has 2 aromatic carbocycles. The third-order valence-electron chi connectivity index (χ3n) is 5.09. The normalized spacial score (nSPS) is 12.1. The Bertz CT molecular complexity index is 1100. The lowest BCUT2D eigenvalue weighted by atomic mass is 10.1. The molecule has 0 aliphatic rings. The van der Waals surface area contributed by atoms with Gasteiger partial charge in [0.2, 0.25) is 0 Å². The molecule has 1 aromatic heterocycles. The first-order valence-corrected chi connectivity index (χ1v) is 10.5. The molecule has 7 heteroatoms. The molecular weight excluding hydrogens is 518 g/mol. The van der Waals surface area contributed by atoms with Gasteiger partial charge in [-0.25, -0.2) is 9.38 Å². The molecule has 1 atom stereocenters. The van der Waals surface area contributed by atoms with Gasteiger partial charge in [-0.2, -0.15) is 0 Å². The second-order valence-corrected chi connectivity index (χ2v) is 7.55. The number of nitrogens with one attached hydrogen (secondary N) is 2. The Morgan fingerprint density at radius 1 is 1.09 bits per heavy atom. The highest BCUT2D eigenvalue weighted by molar-refractivity contribution is 14.0. The van der Waals surface area contributed by atoms with Crippen LogP contribution in [0.25, 0.3) is 0 Å². The minimum Gasteiger partial charge on any atom is -0.357 e. The van der Waals surface area contributed by atoms with Gasteiger partial charge in [-0.3, -0.25) is 4.79 Å². The molecular formula is C25H30FIN4O. The summed E-state index contributed by atoms with van der Waals surface area (Å²) in [4.78, 5) is 16.5. The zero-order valence-electron chi connectivity index (χ0n) is 18.6. The molecule has 0 fully saturated rings. The van der Waals surface area contributed by atoms with Crippen LogP contribution in [0, 0.1) is 12.7 Å². The van der Waals surface area contributed by atoms with Crippen molar-refractivity contribution in [3.8, 4) is 0 Å². The molecule has 170 valence electrons. The zero-order valence-corrected chi connectivity index (χ0v) is 21.0. The van der Waals surface area contributed by atoms with Gasteiger partial charge in [0.15, 0.2) is 5.96 Å². The Morgan fingerprint density at radius 2 is 1.81 bits per heavy atom. The summed E-state index contributed by atoms with van der Waals surface area (Å²) in [5, 5.41) is 6.57. The summed E-state index contributed by atoms with van der Waals surface area (Å²) in [6.45, 7) is 7.52. The molecule has 5 nitrogen and oxygen atoms in total. The Balaban J connectivity index is 0.00000363. The van der Waals surface area contributed by atoms with E-state index in [1.54, 1.807) is 42.0 Å². The number of aliphatic imine (C=N–C) groups is 1. The highest BCUT2D eigenvalue weighted by Crippen LogP contribution is 2.16. The first-order chi connectivity index (χ1) is 15.0. The largest absolute Gasteiger partial charge is 0.357 e. The van der Waals surface area contributed by atoms with Gasteiger partial charge >= 0.3 is 0 Å². The molecule has 0 saturated heterocycles. The van der Waals surface area contributed by atoms with Crippen molar-refractivity contribution in [2.24, 2.45) is 4.99 Å². The third-order valence-corrected chi connectivity index (χ3v) is 5.09. The van der Waals surface area contributed by atoms with Crippen LogP contribution in [-0.4, -0.2) is 17.1 Å². The molecule has 0 amide bonds. The lowest BCUT2D eigenvalue weighted by molar-refractivity contribution is 0.607. The standard InChI is InChI=1S/C25H29FN4O.HI/c1-4-27-25(29-19(3)22-13-8-18(2)23(26)15-22)28-16-20-9-11-21(12-10-20)17-30-14-6-5-7-24(30)31;/h5-15,19H,4,16-17H2,1-3H3,(H2,27,28,29);1H. The summed E-state index contributed by atoms with van der Waals surface area (Å²) in [6.07, 6.45) is 1.79. The van der Waals surface area contributed by atoms with Crippen LogP contribution >= 0.6 is 24.0 Å². The Hall–Kier alpha value is -2.68. The van der Waals surface area contributed by atoms with Gasteiger partial charge in [-0.05, 0) is 55.2 Å². The second-order valence-electron chi connectivity index (χ2n) is 7.55. The molecule has 1 heterocycles. The van der Waals surface area contributed by atoms with Crippen molar-refractivity contribution in [3.05, 3.63) is 105 Å². The average Bonchev–Trinajstić information content (AvgIpc) is 2.76. The Kier molecular flexibility index (Phi) is 9.90. The molecule has 0 spiro atoms. The number of hydrogen-bond acceptors (Lipinski definition) is 2. The van der Waals surface area contributed by atoms with Crippen LogP contribution in [0.1, 0.15) is 42.1 Å². The topological polar surface area (TPSA) is 58.4 Å². The quantitative estimate of drug-likeness (QED) is 0.254. The van der Waals surface area contributed by atoms with Crippen LogP contribution in [0.3, 0.4) is 0 Å². The zero-order chi connectivity index (χ0) is 22.2. The van der Waals surface area contributed by atoms with Crippen LogP contribution < -0.4 is 16.2 Å². The van der Waals surface area contributed by atoms with Gasteiger partial charge in [0.05, 0.1) is 19.1 Å². The number of aryl methyl sites for hydroxylation is 1.